The normalized spacial score (nSPS) is 10.9. The molecule has 0 aliphatic carbocycles. The van der Waals surface area contributed by atoms with Gasteiger partial charge in [-0.2, -0.15) is 9.97 Å². The first-order valence-electron chi connectivity index (χ1n) is 12.8. The number of hydrogen-bond donors (Lipinski definition) is 0. The fraction of sp³-hybridized carbons (Fsp3) is 0. The van der Waals surface area contributed by atoms with E-state index in [1.807, 2.05) is 97.1 Å². The van der Waals surface area contributed by atoms with E-state index in [0.717, 1.165) is 63.1 Å². The summed E-state index contributed by atoms with van der Waals surface area (Å²) >= 11 is 3.24. The first-order valence-corrected chi connectivity index (χ1v) is 14.5. The molecule has 0 radical (unpaired) electrons. The Bertz CT molecular complexity index is 1950. The number of para-hydroxylation sites is 2. The molecule has 0 amide bonds. The van der Waals surface area contributed by atoms with Crippen LogP contribution in [0, 0.1) is 0 Å². The Hall–Kier alpha value is -4.61. The van der Waals surface area contributed by atoms with Gasteiger partial charge in [-0.15, -0.1) is 0 Å². The Morgan fingerprint density at radius 3 is 1.17 bits per heavy atom. The first-order chi connectivity index (χ1) is 19.6. The number of aromatic nitrogens is 2. The van der Waals surface area contributed by atoms with E-state index in [4.69, 9.17) is 0 Å². The van der Waals surface area contributed by atoms with Gasteiger partial charge in [0.05, 0.1) is 11.1 Å². The fourth-order valence-electron chi connectivity index (χ4n) is 4.87. The molecule has 0 spiro atoms. The molecule has 6 aromatic carbocycles. The van der Waals surface area contributed by atoms with Crippen LogP contribution in [-0.4, -0.2) is 10.1 Å². The van der Waals surface area contributed by atoms with Crippen molar-refractivity contribution in [2.45, 2.75) is 0 Å². The maximum absolute atomic E-state index is 12.3. The van der Waals surface area contributed by atoms with Crippen LogP contribution in [0.1, 0.15) is 0 Å². The van der Waals surface area contributed by atoms with Gasteiger partial charge in [0, 0.05) is 12.1 Å². The van der Waals surface area contributed by atoms with Gasteiger partial charge < -0.3 is 10.2 Å². The van der Waals surface area contributed by atoms with Crippen molar-refractivity contribution in [1.29, 1.82) is 0 Å². The Morgan fingerprint density at radius 2 is 0.780 bits per heavy atom. The van der Waals surface area contributed by atoms with Gasteiger partial charge in [-0.3, -0.25) is 0 Å². The Labute approximate surface area is 248 Å². The second-order valence-corrected chi connectivity index (χ2v) is 11.6. The summed E-state index contributed by atoms with van der Waals surface area (Å²) in [6, 6.07) is 39.4. The van der Waals surface area contributed by atoms with Crippen LogP contribution in [0.25, 0.3) is 63.1 Å². The van der Waals surface area contributed by atoms with Crippen LogP contribution in [-0.2, 0) is 0 Å². The standard InChI is InChI=1S/2C17H11NOS.Be/c2*19-15-10-12-6-2-1-5-11(12)9-13(15)17-18-14-7-3-4-8-16(14)20-17;/h2*1-10,19H;/q;;+2. The van der Waals surface area contributed by atoms with Crippen molar-refractivity contribution in [2.75, 3.05) is 0 Å². The van der Waals surface area contributed by atoms with E-state index in [-0.39, 0.29) is 21.6 Å². The van der Waals surface area contributed by atoms with Crippen molar-refractivity contribution >= 4 is 74.8 Å². The minimum atomic E-state index is 0. The summed E-state index contributed by atoms with van der Waals surface area (Å²) in [5, 5.41) is 30.6. The molecular weight excluding hydrogens is 542 g/mol. The minimum Gasteiger partial charge on any atom is -0.872 e. The van der Waals surface area contributed by atoms with E-state index in [2.05, 4.69) is 22.1 Å². The van der Waals surface area contributed by atoms with E-state index in [0.29, 0.717) is 0 Å². The summed E-state index contributed by atoms with van der Waals surface area (Å²) in [6.07, 6.45) is 0. The number of rotatable bonds is 2. The molecule has 0 saturated heterocycles. The number of nitrogens with one attached hydrogen (secondary N) is 2. The van der Waals surface area contributed by atoms with E-state index < -0.39 is 0 Å². The third-order valence-corrected chi connectivity index (χ3v) is 9.08. The third-order valence-electron chi connectivity index (χ3n) is 6.88. The van der Waals surface area contributed by atoms with Gasteiger partial charge in [-0.05, 0) is 45.8 Å². The zero-order valence-corrected chi connectivity index (χ0v) is 23.5. The maximum Gasteiger partial charge on any atom is 2.00 e. The molecule has 8 rings (SSSR count). The molecule has 192 valence electrons. The van der Waals surface area contributed by atoms with Crippen molar-refractivity contribution in [3.05, 3.63) is 121 Å². The number of aromatic amines is 2. The second-order valence-electron chi connectivity index (χ2n) is 9.50. The van der Waals surface area contributed by atoms with Crippen LogP contribution in [0.15, 0.2) is 121 Å². The third kappa shape index (κ3) is 5.17. The van der Waals surface area contributed by atoms with Crippen LogP contribution in [0.2, 0.25) is 0 Å². The molecule has 41 heavy (non-hydrogen) atoms. The summed E-state index contributed by atoms with van der Waals surface area (Å²) in [4.78, 5) is 6.67. The summed E-state index contributed by atoms with van der Waals surface area (Å²) in [5.74, 6) is 0.123. The maximum atomic E-state index is 12.3. The largest absolute Gasteiger partial charge is 2.00 e. The summed E-state index contributed by atoms with van der Waals surface area (Å²) in [7, 11) is 0. The van der Waals surface area contributed by atoms with Crippen LogP contribution in [0.3, 0.4) is 0 Å². The molecule has 0 unspecified atom stereocenters. The van der Waals surface area contributed by atoms with Crippen molar-refractivity contribution in [2.24, 2.45) is 0 Å². The van der Waals surface area contributed by atoms with Crippen LogP contribution >= 0.6 is 22.7 Å². The predicted molar refractivity (Wildman–Crippen MR) is 167 cm³/mol. The molecule has 8 aromatic rings. The molecule has 0 aliphatic rings. The van der Waals surface area contributed by atoms with Crippen molar-refractivity contribution < 1.29 is 20.2 Å². The van der Waals surface area contributed by atoms with Crippen LogP contribution in [0.4, 0.5) is 0 Å². The monoisotopic (exact) mass is 563 g/mol. The minimum absolute atomic E-state index is 0. The van der Waals surface area contributed by atoms with Crippen molar-refractivity contribution in [3.8, 4) is 32.6 Å². The van der Waals surface area contributed by atoms with Gasteiger partial charge in [0.25, 0.3) is 10.0 Å². The van der Waals surface area contributed by atoms with Gasteiger partial charge in [-0.25, -0.2) is 0 Å². The molecule has 2 N–H and O–H groups in total. The zero-order chi connectivity index (χ0) is 27.1. The zero-order valence-electron chi connectivity index (χ0n) is 21.9. The van der Waals surface area contributed by atoms with Gasteiger partial charge >= 0.3 is 10.1 Å². The van der Waals surface area contributed by atoms with E-state index >= 15 is 0 Å². The number of hydrogen-bond acceptors (Lipinski definition) is 4. The van der Waals surface area contributed by atoms with Crippen molar-refractivity contribution in [1.82, 2.24) is 0 Å². The van der Waals surface area contributed by atoms with Crippen LogP contribution < -0.4 is 20.2 Å². The molecule has 0 atom stereocenters. The quantitative estimate of drug-likeness (QED) is 0.216. The first kappa shape index (κ1) is 26.6. The molecule has 2 aromatic heterocycles. The van der Waals surface area contributed by atoms with Crippen molar-refractivity contribution in [3.63, 3.8) is 0 Å². The van der Waals surface area contributed by atoms with Gasteiger partial charge in [-0.1, -0.05) is 119 Å². The SMILES string of the molecule is [Be+2].[O-]c1cc2ccccc2cc1-c1[nH+]c2ccccc2s1.[O-]c1cc2ccccc2cc1-c1[nH+]c2ccccc2s1. The fourth-order valence-corrected chi connectivity index (χ4v) is 6.92. The summed E-state index contributed by atoms with van der Waals surface area (Å²) < 4.78 is 2.32. The van der Waals surface area contributed by atoms with Crippen LogP contribution in [0.5, 0.6) is 11.5 Å². The van der Waals surface area contributed by atoms with E-state index in [1.54, 1.807) is 34.8 Å². The number of H-pyrrole nitrogens is 2. The Balaban J connectivity index is 0.000000144. The van der Waals surface area contributed by atoms with Gasteiger partial charge in [0.15, 0.2) is 0 Å². The van der Waals surface area contributed by atoms with E-state index in [9.17, 15) is 10.2 Å². The molecule has 0 saturated carbocycles. The average Bonchev–Trinajstić information content (AvgIpc) is 3.61. The Kier molecular flexibility index (Phi) is 7.21. The molecular formula is C34H22BeN2O2S2+2. The smallest absolute Gasteiger partial charge is 0.872 e. The molecule has 4 nitrogen and oxygen atoms in total. The summed E-state index contributed by atoms with van der Waals surface area (Å²) in [5.41, 5.74) is 3.62. The predicted octanol–water partition coefficient (Wildman–Crippen LogP) is 6.84. The molecule has 0 fully saturated rings. The topological polar surface area (TPSA) is 74.4 Å². The number of fused-ring (bicyclic) bond motifs is 4. The molecule has 0 bridgehead atoms. The second kappa shape index (κ2) is 11.1. The number of benzene rings is 6. The summed E-state index contributed by atoms with van der Waals surface area (Å²) in [6.45, 7) is 0. The van der Waals surface area contributed by atoms with E-state index in [1.165, 1.54) is 0 Å². The molecule has 7 heteroatoms. The van der Waals surface area contributed by atoms with Gasteiger partial charge in [0.1, 0.15) is 9.40 Å². The Morgan fingerprint density at radius 1 is 0.439 bits per heavy atom. The van der Waals surface area contributed by atoms with Gasteiger partial charge in [0.2, 0.25) is 11.0 Å². The molecule has 0 aliphatic heterocycles. The molecule has 2 heterocycles. The average molecular weight is 564 g/mol. The number of thiazole rings is 2.